The molecule has 1 aliphatic carbocycles. The highest BCUT2D eigenvalue weighted by Gasteiger charge is 2.29. The van der Waals surface area contributed by atoms with Gasteiger partial charge in [0.25, 0.3) is 5.91 Å². The Bertz CT molecular complexity index is 268. The van der Waals surface area contributed by atoms with Crippen LogP contribution in [0.15, 0.2) is 0 Å². The fraction of sp³-hybridized carbons (Fsp3) is 0.923. The number of rotatable bonds is 2. The minimum atomic E-state index is -0.293. The molecule has 106 valence electrons. The zero-order chi connectivity index (χ0) is 12.3. The number of hydrogen-bond donors (Lipinski definition) is 2. The summed E-state index contributed by atoms with van der Waals surface area (Å²) in [6.07, 6.45) is 4.29. The normalized spacial score (nSPS) is 28.2. The summed E-state index contributed by atoms with van der Waals surface area (Å²) >= 11 is 0. The molecule has 0 aromatic heterocycles. The van der Waals surface area contributed by atoms with Crippen molar-refractivity contribution in [2.75, 3.05) is 19.7 Å². The predicted molar refractivity (Wildman–Crippen MR) is 74.0 cm³/mol. The Morgan fingerprint density at radius 2 is 2.00 bits per heavy atom. The average molecular weight is 277 g/mol. The summed E-state index contributed by atoms with van der Waals surface area (Å²) in [7, 11) is 0. The molecule has 1 amide bonds. The third-order valence-electron chi connectivity index (χ3n) is 3.91. The van der Waals surface area contributed by atoms with Crippen LogP contribution in [0.4, 0.5) is 0 Å². The highest BCUT2D eigenvalue weighted by Crippen LogP contribution is 2.34. The fourth-order valence-corrected chi connectivity index (χ4v) is 2.57. The Morgan fingerprint density at radius 1 is 1.33 bits per heavy atom. The first kappa shape index (κ1) is 15.7. The van der Waals surface area contributed by atoms with Gasteiger partial charge < -0.3 is 15.4 Å². The number of hydrogen-bond acceptors (Lipinski definition) is 3. The molecule has 2 aliphatic rings. The van der Waals surface area contributed by atoms with Crippen molar-refractivity contribution < 1.29 is 9.53 Å². The summed E-state index contributed by atoms with van der Waals surface area (Å²) in [6.45, 7) is 6.74. The summed E-state index contributed by atoms with van der Waals surface area (Å²) < 4.78 is 5.45. The lowest BCUT2D eigenvalue weighted by atomic mass is 9.75. The molecular weight excluding hydrogens is 252 g/mol. The highest BCUT2D eigenvalue weighted by molar-refractivity contribution is 5.85. The third kappa shape index (κ3) is 4.41. The second kappa shape index (κ2) is 6.73. The number of ether oxygens (including phenoxy) is 1. The van der Waals surface area contributed by atoms with Gasteiger partial charge in [0.1, 0.15) is 6.10 Å². The molecule has 1 saturated carbocycles. The number of morpholine rings is 1. The lowest BCUT2D eigenvalue weighted by Crippen LogP contribution is -2.51. The summed E-state index contributed by atoms with van der Waals surface area (Å²) in [5.41, 5.74) is 0.449. The molecule has 2 N–H and O–H groups in total. The number of carbonyl (C=O) groups excluding carboxylic acids is 1. The Kier molecular flexibility index (Phi) is 5.89. The number of nitrogens with one attached hydrogen (secondary N) is 2. The van der Waals surface area contributed by atoms with Crippen molar-refractivity contribution in [3.05, 3.63) is 0 Å². The summed E-state index contributed by atoms with van der Waals surface area (Å²) in [5.74, 6) is 0.0573. The van der Waals surface area contributed by atoms with E-state index in [1.54, 1.807) is 0 Å². The lowest BCUT2D eigenvalue weighted by molar-refractivity contribution is -0.135. The predicted octanol–water partition coefficient (Wildman–Crippen LogP) is 1.48. The molecule has 1 aliphatic heterocycles. The van der Waals surface area contributed by atoms with Gasteiger partial charge in [0.05, 0.1) is 6.61 Å². The van der Waals surface area contributed by atoms with Gasteiger partial charge in [-0.1, -0.05) is 13.8 Å². The first-order valence-electron chi connectivity index (χ1n) is 6.69. The molecule has 0 aromatic carbocycles. The van der Waals surface area contributed by atoms with E-state index in [1.165, 1.54) is 12.8 Å². The molecule has 1 heterocycles. The number of amides is 1. The topological polar surface area (TPSA) is 50.4 Å². The van der Waals surface area contributed by atoms with Gasteiger partial charge in [-0.05, 0) is 31.1 Å². The molecule has 4 nitrogen and oxygen atoms in total. The Balaban J connectivity index is 0.00000162. The lowest BCUT2D eigenvalue weighted by Gasteiger charge is -2.35. The van der Waals surface area contributed by atoms with E-state index in [0.29, 0.717) is 24.6 Å². The summed E-state index contributed by atoms with van der Waals surface area (Å²) in [6, 6.07) is 0.348. The van der Waals surface area contributed by atoms with Crippen LogP contribution in [-0.2, 0) is 9.53 Å². The van der Waals surface area contributed by atoms with E-state index in [0.717, 1.165) is 19.4 Å². The van der Waals surface area contributed by atoms with Gasteiger partial charge in [0.15, 0.2) is 0 Å². The third-order valence-corrected chi connectivity index (χ3v) is 3.91. The highest BCUT2D eigenvalue weighted by atomic mass is 35.5. The van der Waals surface area contributed by atoms with Crippen molar-refractivity contribution in [3.8, 4) is 0 Å². The van der Waals surface area contributed by atoms with Crippen LogP contribution < -0.4 is 10.6 Å². The Morgan fingerprint density at radius 3 is 2.56 bits per heavy atom. The van der Waals surface area contributed by atoms with Gasteiger partial charge in [-0.15, -0.1) is 12.4 Å². The molecule has 2 fully saturated rings. The smallest absolute Gasteiger partial charge is 0.250 e. The maximum atomic E-state index is 12.0. The van der Waals surface area contributed by atoms with E-state index in [2.05, 4.69) is 24.5 Å². The van der Waals surface area contributed by atoms with Crippen molar-refractivity contribution in [1.29, 1.82) is 0 Å². The number of halogens is 1. The van der Waals surface area contributed by atoms with Crippen LogP contribution >= 0.6 is 12.4 Å². The van der Waals surface area contributed by atoms with E-state index < -0.39 is 0 Å². The van der Waals surface area contributed by atoms with Crippen molar-refractivity contribution >= 4 is 18.3 Å². The molecule has 0 spiro atoms. The zero-order valence-electron chi connectivity index (χ0n) is 11.3. The minimum Gasteiger partial charge on any atom is -0.366 e. The van der Waals surface area contributed by atoms with Gasteiger partial charge in [-0.25, -0.2) is 0 Å². The van der Waals surface area contributed by atoms with E-state index in [4.69, 9.17) is 4.74 Å². The largest absolute Gasteiger partial charge is 0.366 e. The van der Waals surface area contributed by atoms with E-state index in [1.807, 2.05) is 0 Å². The van der Waals surface area contributed by atoms with E-state index >= 15 is 0 Å². The molecule has 18 heavy (non-hydrogen) atoms. The second-order valence-electron chi connectivity index (χ2n) is 6.01. The monoisotopic (exact) mass is 276 g/mol. The van der Waals surface area contributed by atoms with E-state index in [-0.39, 0.29) is 24.4 Å². The van der Waals surface area contributed by atoms with Crippen molar-refractivity contribution in [2.45, 2.75) is 51.7 Å². The SMILES string of the molecule is CC1(C)CCC(NC(=O)C2CNCCO2)CC1.Cl. The van der Waals surface area contributed by atoms with Crippen LogP contribution in [0.5, 0.6) is 0 Å². The molecule has 5 heteroatoms. The van der Waals surface area contributed by atoms with Crippen LogP contribution in [0.3, 0.4) is 0 Å². The van der Waals surface area contributed by atoms with Crippen LogP contribution in [0, 0.1) is 5.41 Å². The second-order valence-corrected chi connectivity index (χ2v) is 6.01. The van der Waals surface area contributed by atoms with Crippen molar-refractivity contribution in [1.82, 2.24) is 10.6 Å². The molecule has 2 rings (SSSR count). The van der Waals surface area contributed by atoms with Crippen molar-refractivity contribution in [3.63, 3.8) is 0 Å². The maximum Gasteiger partial charge on any atom is 0.250 e. The fourth-order valence-electron chi connectivity index (χ4n) is 2.57. The molecule has 0 aromatic rings. The number of carbonyl (C=O) groups is 1. The van der Waals surface area contributed by atoms with E-state index in [9.17, 15) is 4.79 Å². The quantitative estimate of drug-likeness (QED) is 0.803. The molecule has 0 radical (unpaired) electrons. The Labute approximate surface area is 116 Å². The first-order valence-corrected chi connectivity index (χ1v) is 6.69. The maximum absolute atomic E-state index is 12.0. The van der Waals surface area contributed by atoms with Gasteiger partial charge in [-0.3, -0.25) is 4.79 Å². The van der Waals surface area contributed by atoms with Crippen LogP contribution in [0.1, 0.15) is 39.5 Å². The summed E-state index contributed by atoms with van der Waals surface area (Å²) in [4.78, 5) is 12.0. The van der Waals surface area contributed by atoms with Crippen LogP contribution in [0.2, 0.25) is 0 Å². The molecule has 0 bridgehead atoms. The van der Waals surface area contributed by atoms with Gasteiger partial charge in [-0.2, -0.15) is 0 Å². The zero-order valence-corrected chi connectivity index (χ0v) is 12.1. The summed E-state index contributed by atoms with van der Waals surface area (Å²) in [5, 5.41) is 6.30. The van der Waals surface area contributed by atoms with Crippen LogP contribution in [-0.4, -0.2) is 37.7 Å². The Hall–Kier alpha value is -0.320. The first-order chi connectivity index (χ1) is 8.07. The van der Waals surface area contributed by atoms with Gasteiger partial charge in [0, 0.05) is 19.1 Å². The molecular formula is C13H25ClN2O2. The van der Waals surface area contributed by atoms with Crippen LogP contribution in [0.25, 0.3) is 0 Å². The molecule has 1 unspecified atom stereocenters. The van der Waals surface area contributed by atoms with Gasteiger partial charge in [0.2, 0.25) is 0 Å². The van der Waals surface area contributed by atoms with Gasteiger partial charge >= 0.3 is 0 Å². The average Bonchev–Trinajstić information content (AvgIpc) is 2.33. The molecule has 1 atom stereocenters. The van der Waals surface area contributed by atoms with Crippen molar-refractivity contribution in [2.24, 2.45) is 5.41 Å². The standard InChI is InChI=1S/C13H24N2O2.ClH/c1-13(2)5-3-10(4-6-13)15-12(16)11-9-14-7-8-17-11;/h10-11,14H,3-9H2,1-2H3,(H,15,16);1H. The minimum absolute atomic E-state index is 0. The molecule has 1 saturated heterocycles.